The highest BCUT2D eigenvalue weighted by atomic mass is 32.1. The predicted octanol–water partition coefficient (Wildman–Crippen LogP) is 3.48. The van der Waals surface area contributed by atoms with Crippen LogP contribution in [0.25, 0.3) is 11.0 Å². The zero-order valence-electron chi connectivity index (χ0n) is 8.40. The Hall–Kier alpha value is -1.64. The highest BCUT2D eigenvalue weighted by Crippen LogP contribution is 2.35. The Morgan fingerprint density at radius 2 is 2.27 bits per heavy atom. The van der Waals surface area contributed by atoms with Gasteiger partial charge in [0.25, 0.3) is 0 Å². The van der Waals surface area contributed by atoms with Crippen LogP contribution in [0.15, 0.2) is 27.6 Å². The minimum Gasteiger partial charge on any atom is -0.493 e. The number of aryl methyl sites for hydroxylation is 1. The van der Waals surface area contributed by atoms with Crippen molar-refractivity contribution in [1.82, 2.24) is 0 Å². The number of rotatable bonds is 2. The van der Waals surface area contributed by atoms with Crippen LogP contribution in [0.1, 0.15) is 5.76 Å². The molecule has 1 aromatic heterocycles. The van der Waals surface area contributed by atoms with Gasteiger partial charge in [-0.2, -0.15) is 4.99 Å². The van der Waals surface area contributed by atoms with Crippen molar-refractivity contribution in [1.29, 1.82) is 0 Å². The van der Waals surface area contributed by atoms with E-state index in [1.807, 2.05) is 19.1 Å². The third-order valence-corrected chi connectivity index (χ3v) is 2.22. The summed E-state index contributed by atoms with van der Waals surface area (Å²) in [7, 11) is 1.61. The van der Waals surface area contributed by atoms with Crippen LogP contribution in [0.3, 0.4) is 0 Å². The average molecular weight is 219 g/mol. The second kappa shape index (κ2) is 3.85. The van der Waals surface area contributed by atoms with Crippen LogP contribution in [0.2, 0.25) is 0 Å². The van der Waals surface area contributed by atoms with Gasteiger partial charge in [0.2, 0.25) is 0 Å². The maximum absolute atomic E-state index is 5.53. The van der Waals surface area contributed by atoms with Gasteiger partial charge in [0.1, 0.15) is 5.76 Å². The average Bonchev–Trinajstić information content (AvgIpc) is 2.61. The maximum Gasteiger partial charge on any atom is 0.178 e. The fourth-order valence-electron chi connectivity index (χ4n) is 1.52. The summed E-state index contributed by atoms with van der Waals surface area (Å²) in [5.41, 5.74) is 1.44. The number of furan rings is 1. The number of aliphatic imine (C=N–C) groups is 1. The van der Waals surface area contributed by atoms with Crippen molar-refractivity contribution in [2.45, 2.75) is 6.92 Å². The molecule has 76 valence electrons. The van der Waals surface area contributed by atoms with E-state index in [4.69, 9.17) is 9.15 Å². The van der Waals surface area contributed by atoms with Gasteiger partial charge in [-0.15, -0.1) is 0 Å². The van der Waals surface area contributed by atoms with Crippen molar-refractivity contribution in [2.24, 2.45) is 4.99 Å². The molecule has 2 aromatic rings. The molecule has 2 rings (SSSR count). The molecule has 0 atom stereocenters. The summed E-state index contributed by atoms with van der Waals surface area (Å²) in [6, 6.07) is 5.54. The lowest BCUT2D eigenvalue weighted by Crippen LogP contribution is -1.82. The van der Waals surface area contributed by atoms with E-state index < -0.39 is 0 Å². The first-order chi connectivity index (χ1) is 7.26. The molecule has 0 aliphatic carbocycles. The SMILES string of the molecule is COc1ccc(N=C=S)c2cc(C)oc12. The van der Waals surface area contributed by atoms with Crippen molar-refractivity contribution >= 4 is 34.0 Å². The first-order valence-corrected chi connectivity index (χ1v) is 4.82. The predicted molar refractivity (Wildman–Crippen MR) is 62.2 cm³/mol. The van der Waals surface area contributed by atoms with Gasteiger partial charge in [0.15, 0.2) is 11.3 Å². The monoisotopic (exact) mass is 219 g/mol. The lowest BCUT2D eigenvalue weighted by molar-refractivity contribution is 0.409. The fourth-order valence-corrected chi connectivity index (χ4v) is 1.61. The van der Waals surface area contributed by atoms with Crippen LogP contribution in [0.5, 0.6) is 5.75 Å². The highest BCUT2D eigenvalue weighted by molar-refractivity contribution is 7.78. The first-order valence-electron chi connectivity index (χ1n) is 4.41. The summed E-state index contributed by atoms with van der Waals surface area (Å²) >= 11 is 4.59. The van der Waals surface area contributed by atoms with Crippen molar-refractivity contribution < 1.29 is 9.15 Å². The molecule has 4 heteroatoms. The second-order valence-electron chi connectivity index (χ2n) is 3.09. The Morgan fingerprint density at radius 1 is 1.47 bits per heavy atom. The topological polar surface area (TPSA) is 34.7 Å². The third kappa shape index (κ3) is 1.65. The number of thiocarbonyl (C=S) groups is 1. The van der Waals surface area contributed by atoms with Crippen molar-refractivity contribution in [3.63, 3.8) is 0 Å². The number of ether oxygens (including phenoxy) is 1. The molecule has 0 fully saturated rings. The summed E-state index contributed by atoms with van der Waals surface area (Å²) in [5, 5.41) is 3.24. The van der Waals surface area contributed by atoms with Gasteiger partial charge in [-0.25, -0.2) is 0 Å². The molecule has 0 aliphatic rings. The number of hydrogen-bond donors (Lipinski definition) is 0. The smallest absolute Gasteiger partial charge is 0.178 e. The van der Waals surface area contributed by atoms with Gasteiger partial charge in [0.05, 0.1) is 23.3 Å². The Labute approximate surface area is 92.4 Å². The van der Waals surface area contributed by atoms with Gasteiger partial charge in [-0.05, 0) is 37.3 Å². The number of isothiocyanates is 1. The number of hydrogen-bond acceptors (Lipinski definition) is 4. The number of methoxy groups -OCH3 is 1. The molecule has 0 radical (unpaired) electrons. The molecule has 0 aliphatic heterocycles. The first kappa shape index (κ1) is 9.90. The Bertz CT molecular complexity index is 553. The van der Waals surface area contributed by atoms with E-state index in [9.17, 15) is 0 Å². The third-order valence-electron chi connectivity index (χ3n) is 2.13. The van der Waals surface area contributed by atoms with Gasteiger partial charge >= 0.3 is 0 Å². The summed E-state index contributed by atoms with van der Waals surface area (Å²) in [6.07, 6.45) is 0. The van der Waals surface area contributed by atoms with Gasteiger partial charge < -0.3 is 9.15 Å². The molecule has 0 unspecified atom stereocenters. The Kier molecular flexibility index (Phi) is 2.54. The maximum atomic E-state index is 5.53. The molecular weight excluding hydrogens is 210 g/mol. The lowest BCUT2D eigenvalue weighted by atomic mass is 10.2. The molecule has 1 aromatic carbocycles. The quantitative estimate of drug-likeness (QED) is 0.573. The number of fused-ring (bicyclic) bond motifs is 1. The molecule has 0 spiro atoms. The molecule has 3 nitrogen and oxygen atoms in total. The fraction of sp³-hybridized carbons (Fsp3) is 0.182. The molecule has 0 saturated heterocycles. The molecule has 0 amide bonds. The minimum absolute atomic E-state index is 0.696. The van der Waals surface area contributed by atoms with Crippen LogP contribution in [-0.4, -0.2) is 12.3 Å². The van der Waals surface area contributed by atoms with Crippen molar-refractivity contribution in [3.05, 3.63) is 24.0 Å². The highest BCUT2D eigenvalue weighted by Gasteiger charge is 2.10. The van der Waals surface area contributed by atoms with E-state index in [1.165, 1.54) is 0 Å². The van der Waals surface area contributed by atoms with Gasteiger partial charge in [-0.1, -0.05) is 0 Å². The zero-order valence-corrected chi connectivity index (χ0v) is 9.22. The Morgan fingerprint density at radius 3 is 2.93 bits per heavy atom. The largest absolute Gasteiger partial charge is 0.493 e. The molecule has 15 heavy (non-hydrogen) atoms. The van der Waals surface area contributed by atoms with E-state index >= 15 is 0 Å². The van der Waals surface area contributed by atoms with Crippen LogP contribution in [0.4, 0.5) is 5.69 Å². The van der Waals surface area contributed by atoms with E-state index in [0.717, 1.165) is 16.8 Å². The van der Waals surface area contributed by atoms with Crippen molar-refractivity contribution in [3.8, 4) is 5.75 Å². The van der Waals surface area contributed by atoms with Crippen LogP contribution in [-0.2, 0) is 0 Å². The summed E-state index contributed by atoms with van der Waals surface area (Å²) < 4.78 is 10.7. The van der Waals surface area contributed by atoms with Crippen LogP contribution >= 0.6 is 12.2 Å². The van der Waals surface area contributed by atoms with E-state index in [-0.39, 0.29) is 0 Å². The lowest BCUT2D eigenvalue weighted by Gasteiger charge is -2.00. The van der Waals surface area contributed by atoms with Gasteiger partial charge in [-0.3, -0.25) is 0 Å². The second-order valence-corrected chi connectivity index (χ2v) is 3.27. The number of nitrogens with zero attached hydrogens (tertiary/aromatic N) is 1. The summed E-state index contributed by atoms with van der Waals surface area (Å²) in [4.78, 5) is 3.97. The summed E-state index contributed by atoms with van der Waals surface area (Å²) in [5.74, 6) is 1.51. The van der Waals surface area contributed by atoms with Gasteiger partial charge in [0, 0.05) is 0 Å². The summed E-state index contributed by atoms with van der Waals surface area (Å²) in [6.45, 7) is 1.88. The number of benzene rings is 1. The van der Waals surface area contributed by atoms with E-state index in [1.54, 1.807) is 13.2 Å². The normalized spacial score (nSPS) is 10.0. The van der Waals surface area contributed by atoms with Crippen LogP contribution in [0, 0.1) is 6.92 Å². The minimum atomic E-state index is 0.696. The van der Waals surface area contributed by atoms with Crippen molar-refractivity contribution in [2.75, 3.05) is 7.11 Å². The van der Waals surface area contributed by atoms with Crippen LogP contribution < -0.4 is 4.74 Å². The standard InChI is InChI=1S/C11H9NO2S/c1-7-5-8-9(12-6-15)3-4-10(13-2)11(8)14-7/h3-5H,1-2H3. The molecule has 0 bridgehead atoms. The van der Waals surface area contributed by atoms with E-state index in [0.29, 0.717) is 11.3 Å². The molecule has 0 N–H and O–H groups in total. The molecular formula is C11H9NO2S. The Balaban J connectivity index is 2.81. The molecule has 0 saturated carbocycles. The molecule has 1 heterocycles. The zero-order chi connectivity index (χ0) is 10.8. The van der Waals surface area contributed by atoms with E-state index in [2.05, 4.69) is 22.4 Å².